The number of nitrogens with zero attached hydrogens (tertiary/aromatic N) is 2. The smallest absolute Gasteiger partial charge is 0.422 e. The normalized spacial score (nSPS) is 13.4. The number of hydrogen-bond donors (Lipinski definition) is 3. The monoisotopic (exact) mass is 479 g/mol. The highest BCUT2D eigenvalue weighted by molar-refractivity contribution is 7.84. The van der Waals surface area contributed by atoms with E-state index in [1.807, 2.05) is 18.2 Å². The molecule has 7 nitrogen and oxygen atoms in total. The number of fused-ring (bicyclic) bond motifs is 1. The number of rotatable bonds is 7. The first-order chi connectivity index (χ1) is 14.6. The zero-order chi connectivity index (χ0) is 23.0. The summed E-state index contributed by atoms with van der Waals surface area (Å²) in [4.78, 5) is 11.3. The molecule has 0 aliphatic rings. The topological polar surface area (TPSA) is 108 Å². The van der Waals surface area contributed by atoms with E-state index in [9.17, 15) is 17.4 Å². The second-order valence-electron chi connectivity index (χ2n) is 6.32. The number of aromatic amines is 1. The van der Waals surface area contributed by atoms with Gasteiger partial charge in [-0.05, 0) is 25.1 Å². The van der Waals surface area contributed by atoms with Crippen LogP contribution in [0.25, 0.3) is 11.0 Å². The van der Waals surface area contributed by atoms with Crippen molar-refractivity contribution < 1.29 is 32.3 Å². The highest BCUT2D eigenvalue weighted by atomic mass is 35.5. The standard InChI is InChI=1S/C16H14F3N3O2S.C3H7ClO2/c1-10-13(20-7-6-14(10)24-9-16(17,18)19)8-25(23)15-21-11-4-2-3-5-12(11)22-15;4-1-3(6)2-5/h2-7H,8-9H2,1H3,(H,21,22);3,5-6H,1-2H2/t25-;/m1./s1. The Morgan fingerprint density at radius 1 is 1.29 bits per heavy atom. The SMILES string of the molecule is Cc1c(OCC(F)(F)F)ccnc1C[S@@](=O)c1nc2ccccc2[nH]1.OCC(O)CCl. The molecule has 31 heavy (non-hydrogen) atoms. The number of nitrogens with one attached hydrogen (secondary N) is 1. The van der Waals surface area contributed by atoms with Gasteiger partial charge in [-0.1, -0.05) is 12.1 Å². The van der Waals surface area contributed by atoms with Gasteiger partial charge >= 0.3 is 6.18 Å². The van der Waals surface area contributed by atoms with Crippen molar-refractivity contribution in [2.45, 2.75) is 30.1 Å². The Morgan fingerprint density at radius 2 is 2.00 bits per heavy atom. The third-order valence-corrected chi connectivity index (χ3v) is 5.41. The van der Waals surface area contributed by atoms with Gasteiger partial charge in [-0.3, -0.25) is 9.19 Å². The first-order valence-electron chi connectivity index (χ1n) is 8.96. The van der Waals surface area contributed by atoms with Gasteiger partial charge in [0.05, 0.1) is 51.9 Å². The van der Waals surface area contributed by atoms with Crippen LogP contribution in [0.5, 0.6) is 5.75 Å². The Bertz CT molecular complexity index is 979. The minimum Gasteiger partial charge on any atom is -0.484 e. The van der Waals surface area contributed by atoms with Gasteiger partial charge in [0.25, 0.3) is 0 Å². The van der Waals surface area contributed by atoms with Crippen molar-refractivity contribution in [2.75, 3.05) is 19.1 Å². The number of H-pyrrole nitrogens is 1. The van der Waals surface area contributed by atoms with E-state index in [-0.39, 0.29) is 24.0 Å². The van der Waals surface area contributed by atoms with Crippen LogP contribution in [0.2, 0.25) is 0 Å². The first kappa shape index (κ1) is 25.1. The van der Waals surface area contributed by atoms with E-state index in [0.717, 1.165) is 5.52 Å². The summed E-state index contributed by atoms with van der Waals surface area (Å²) in [6.07, 6.45) is -3.83. The molecule has 12 heteroatoms. The van der Waals surface area contributed by atoms with Crippen molar-refractivity contribution in [1.29, 1.82) is 0 Å². The molecular formula is C19H21ClF3N3O4S. The molecule has 0 saturated carbocycles. The predicted octanol–water partition coefficient (Wildman–Crippen LogP) is 3.09. The van der Waals surface area contributed by atoms with Crippen LogP contribution in [0.1, 0.15) is 11.3 Å². The molecule has 0 aliphatic carbocycles. The Hall–Kier alpha value is -2.21. The number of benzene rings is 1. The summed E-state index contributed by atoms with van der Waals surface area (Å²) >= 11 is 5.04. The maximum atomic E-state index is 12.5. The fraction of sp³-hybridized carbons (Fsp3) is 0.368. The molecule has 3 aromatic rings. The highest BCUT2D eigenvalue weighted by Crippen LogP contribution is 2.24. The van der Waals surface area contributed by atoms with E-state index >= 15 is 0 Å². The molecule has 1 aromatic carbocycles. The molecule has 3 N–H and O–H groups in total. The summed E-state index contributed by atoms with van der Waals surface area (Å²) in [5.41, 5.74) is 2.28. The van der Waals surface area contributed by atoms with Crippen molar-refractivity contribution in [3.63, 3.8) is 0 Å². The zero-order valence-corrected chi connectivity index (χ0v) is 18.0. The van der Waals surface area contributed by atoms with Crippen LogP contribution < -0.4 is 4.74 Å². The van der Waals surface area contributed by atoms with Gasteiger partial charge in [-0.15, -0.1) is 11.6 Å². The van der Waals surface area contributed by atoms with E-state index in [0.29, 0.717) is 21.9 Å². The maximum absolute atomic E-state index is 12.5. The minimum absolute atomic E-state index is 0.0227. The summed E-state index contributed by atoms with van der Waals surface area (Å²) in [5.74, 6) is 0.203. The molecule has 0 radical (unpaired) electrons. The molecule has 0 bridgehead atoms. The molecule has 1 unspecified atom stereocenters. The van der Waals surface area contributed by atoms with E-state index in [2.05, 4.69) is 15.0 Å². The third-order valence-electron chi connectivity index (χ3n) is 3.89. The van der Waals surface area contributed by atoms with E-state index in [1.54, 1.807) is 13.0 Å². The minimum atomic E-state index is -4.42. The summed E-state index contributed by atoms with van der Waals surface area (Å²) in [7, 11) is -1.51. The van der Waals surface area contributed by atoms with E-state index in [4.69, 9.17) is 26.6 Å². The van der Waals surface area contributed by atoms with Crippen molar-refractivity contribution in [1.82, 2.24) is 15.0 Å². The molecule has 0 saturated heterocycles. The van der Waals surface area contributed by atoms with Crippen LogP contribution >= 0.6 is 11.6 Å². The van der Waals surface area contributed by atoms with Crippen LogP contribution in [-0.4, -0.2) is 60.7 Å². The molecule has 2 heterocycles. The van der Waals surface area contributed by atoms with Gasteiger partial charge in [-0.2, -0.15) is 13.2 Å². The number of para-hydroxylation sites is 2. The lowest BCUT2D eigenvalue weighted by Crippen LogP contribution is -2.19. The van der Waals surface area contributed by atoms with Gasteiger partial charge in [-0.25, -0.2) is 4.98 Å². The van der Waals surface area contributed by atoms with Gasteiger partial charge in [0.1, 0.15) is 5.75 Å². The second kappa shape index (κ2) is 11.4. The van der Waals surface area contributed by atoms with Gasteiger partial charge in [0.15, 0.2) is 11.8 Å². The quantitative estimate of drug-likeness (QED) is 0.449. The summed E-state index contributed by atoms with van der Waals surface area (Å²) in [6.45, 7) is -0.0443. The number of imidazole rings is 1. The Morgan fingerprint density at radius 3 is 2.58 bits per heavy atom. The van der Waals surface area contributed by atoms with Crippen molar-refractivity contribution in [2.24, 2.45) is 0 Å². The number of ether oxygens (including phenoxy) is 1. The van der Waals surface area contributed by atoms with Gasteiger partial charge in [0, 0.05) is 11.8 Å². The summed E-state index contributed by atoms with van der Waals surface area (Å²) in [6, 6.07) is 8.62. The third kappa shape index (κ3) is 7.76. The van der Waals surface area contributed by atoms with Crippen molar-refractivity contribution in [3.8, 4) is 5.75 Å². The van der Waals surface area contributed by atoms with Crippen LogP contribution in [0.4, 0.5) is 13.2 Å². The lowest BCUT2D eigenvalue weighted by molar-refractivity contribution is -0.153. The molecule has 0 fully saturated rings. The lowest BCUT2D eigenvalue weighted by atomic mass is 10.2. The van der Waals surface area contributed by atoms with Crippen LogP contribution in [-0.2, 0) is 16.6 Å². The maximum Gasteiger partial charge on any atom is 0.422 e. The number of alkyl halides is 4. The fourth-order valence-corrected chi connectivity index (χ4v) is 3.50. The van der Waals surface area contributed by atoms with Crippen LogP contribution in [0, 0.1) is 6.92 Å². The number of halogens is 4. The number of hydrogen-bond acceptors (Lipinski definition) is 6. The van der Waals surface area contributed by atoms with Crippen molar-refractivity contribution >= 4 is 33.4 Å². The Labute approximate surface area is 183 Å². The van der Waals surface area contributed by atoms with Gasteiger partial charge < -0.3 is 19.9 Å². The molecule has 3 rings (SSSR count). The Balaban J connectivity index is 0.000000501. The molecule has 0 aliphatic heterocycles. The first-order valence-corrected chi connectivity index (χ1v) is 10.8. The number of aliphatic hydroxyl groups is 2. The number of pyridine rings is 1. The van der Waals surface area contributed by atoms with E-state index in [1.165, 1.54) is 12.3 Å². The molecule has 170 valence electrons. The van der Waals surface area contributed by atoms with E-state index < -0.39 is 29.7 Å². The molecular weight excluding hydrogens is 459 g/mol. The fourth-order valence-electron chi connectivity index (χ4n) is 2.30. The molecule has 2 aromatic heterocycles. The van der Waals surface area contributed by atoms with Crippen LogP contribution in [0.15, 0.2) is 41.7 Å². The largest absolute Gasteiger partial charge is 0.484 e. The highest BCUT2D eigenvalue weighted by Gasteiger charge is 2.29. The summed E-state index contributed by atoms with van der Waals surface area (Å²) in [5, 5.41) is 16.6. The average Bonchev–Trinajstić information content (AvgIpc) is 3.18. The second-order valence-corrected chi connectivity index (χ2v) is 8.00. The lowest BCUT2D eigenvalue weighted by Gasteiger charge is -2.13. The predicted molar refractivity (Wildman–Crippen MR) is 111 cm³/mol. The zero-order valence-electron chi connectivity index (χ0n) is 16.4. The number of aliphatic hydroxyl groups excluding tert-OH is 2. The molecule has 2 atom stereocenters. The summed E-state index contributed by atoms with van der Waals surface area (Å²) < 4.78 is 54.2. The van der Waals surface area contributed by atoms with Crippen LogP contribution in [0.3, 0.4) is 0 Å². The van der Waals surface area contributed by atoms with Gasteiger partial charge in [0.2, 0.25) is 0 Å². The average molecular weight is 480 g/mol. The Kier molecular flexibility index (Phi) is 9.23. The molecule has 0 amide bonds. The number of aromatic nitrogens is 3. The van der Waals surface area contributed by atoms with Crippen molar-refractivity contribution in [3.05, 3.63) is 47.8 Å². The molecule has 0 spiro atoms.